The zero-order chi connectivity index (χ0) is 9.40. The highest BCUT2D eigenvalue weighted by Crippen LogP contribution is 1.77. The molecule has 0 saturated heterocycles. The molecule has 0 bridgehead atoms. The summed E-state index contributed by atoms with van der Waals surface area (Å²) in [7, 11) is 3.34. The molecular weight excluding hydrogens is 160 g/mol. The molecule has 72 valence electrons. The zero-order valence-electron chi connectivity index (χ0n) is 7.54. The van der Waals surface area contributed by atoms with E-state index in [1.807, 2.05) is 0 Å². The predicted octanol–water partition coefficient (Wildman–Crippen LogP) is -0.733. The average molecular weight is 176 g/mol. The Bertz CT molecular complexity index is 128. The van der Waals surface area contributed by atoms with E-state index in [-0.39, 0.29) is 12.6 Å². The van der Waals surface area contributed by atoms with Gasteiger partial charge in [0.25, 0.3) is 0 Å². The normalized spacial score (nSPS) is 9.58. The van der Waals surface area contributed by atoms with E-state index < -0.39 is 0 Å². The van der Waals surface area contributed by atoms with Crippen LogP contribution < -0.4 is 5.32 Å². The molecule has 0 rings (SSSR count). The molecule has 0 aromatic rings. The third kappa shape index (κ3) is 5.94. The number of hydrogen-bond donors (Lipinski definition) is 2. The Morgan fingerprint density at radius 2 is 2.17 bits per heavy atom. The number of hydrogen-bond acceptors (Lipinski definition) is 3. The van der Waals surface area contributed by atoms with Crippen molar-refractivity contribution < 1.29 is 14.6 Å². The fourth-order valence-corrected chi connectivity index (χ4v) is 0.555. The van der Waals surface area contributed by atoms with E-state index in [4.69, 9.17) is 9.84 Å². The van der Waals surface area contributed by atoms with Gasteiger partial charge >= 0.3 is 6.03 Å². The van der Waals surface area contributed by atoms with Gasteiger partial charge in [-0.1, -0.05) is 0 Å². The molecule has 0 unspecified atom stereocenters. The van der Waals surface area contributed by atoms with E-state index in [0.29, 0.717) is 19.8 Å². The lowest BCUT2D eigenvalue weighted by Crippen LogP contribution is -2.36. The van der Waals surface area contributed by atoms with Crippen LogP contribution in [0.15, 0.2) is 0 Å². The average Bonchev–Trinajstić information content (AvgIpc) is 2.03. The summed E-state index contributed by atoms with van der Waals surface area (Å²) in [6, 6.07) is -0.136. The van der Waals surface area contributed by atoms with Crippen LogP contribution in [0.5, 0.6) is 0 Å². The number of aliphatic hydroxyl groups is 1. The van der Waals surface area contributed by atoms with Crippen LogP contribution in [0.25, 0.3) is 0 Å². The number of carbonyl (C=O) groups excluding carboxylic acids is 1. The quantitative estimate of drug-likeness (QED) is 0.543. The maximum Gasteiger partial charge on any atom is 0.316 e. The van der Waals surface area contributed by atoms with Gasteiger partial charge < -0.3 is 20.1 Å². The molecule has 0 aliphatic rings. The van der Waals surface area contributed by atoms with Crippen LogP contribution in [0.2, 0.25) is 0 Å². The molecule has 0 aromatic heterocycles. The molecular formula is C7H16N2O3. The van der Waals surface area contributed by atoms with E-state index in [1.165, 1.54) is 4.90 Å². The minimum Gasteiger partial charge on any atom is -0.394 e. The Kier molecular flexibility index (Phi) is 6.41. The minimum atomic E-state index is -0.136. The highest BCUT2D eigenvalue weighted by atomic mass is 16.5. The molecule has 5 nitrogen and oxygen atoms in total. The highest BCUT2D eigenvalue weighted by Gasteiger charge is 1.99. The summed E-state index contributed by atoms with van der Waals surface area (Å²) >= 11 is 0. The number of aliphatic hydroxyl groups excluding tert-OH is 1. The van der Waals surface area contributed by atoms with Crippen LogP contribution >= 0.6 is 0 Å². The summed E-state index contributed by atoms with van der Waals surface area (Å²) in [5.74, 6) is 0. The van der Waals surface area contributed by atoms with Gasteiger partial charge in [-0.2, -0.15) is 0 Å². The van der Waals surface area contributed by atoms with Gasteiger partial charge in [0.05, 0.1) is 19.8 Å². The molecule has 5 heteroatoms. The molecule has 0 fully saturated rings. The lowest BCUT2D eigenvalue weighted by Gasteiger charge is -2.11. The monoisotopic (exact) mass is 176 g/mol. The van der Waals surface area contributed by atoms with Crippen molar-refractivity contribution in [3.05, 3.63) is 0 Å². The number of ether oxygens (including phenoxy) is 1. The number of rotatable bonds is 5. The number of amides is 2. The lowest BCUT2D eigenvalue weighted by atomic mass is 10.6. The van der Waals surface area contributed by atoms with Crippen molar-refractivity contribution in [3.8, 4) is 0 Å². The molecule has 2 N–H and O–H groups in total. The smallest absolute Gasteiger partial charge is 0.316 e. The van der Waals surface area contributed by atoms with Gasteiger partial charge in [0, 0.05) is 20.6 Å². The van der Waals surface area contributed by atoms with Crippen molar-refractivity contribution in [2.75, 3.05) is 40.5 Å². The summed E-state index contributed by atoms with van der Waals surface area (Å²) in [4.78, 5) is 12.3. The van der Waals surface area contributed by atoms with E-state index in [2.05, 4.69) is 5.32 Å². The van der Waals surface area contributed by atoms with E-state index in [1.54, 1.807) is 14.1 Å². The minimum absolute atomic E-state index is 0.0155. The molecule has 0 atom stereocenters. The van der Waals surface area contributed by atoms with Crippen LogP contribution in [-0.2, 0) is 4.74 Å². The van der Waals surface area contributed by atoms with E-state index >= 15 is 0 Å². The van der Waals surface area contributed by atoms with Gasteiger partial charge in [-0.25, -0.2) is 4.79 Å². The van der Waals surface area contributed by atoms with Crippen molar-refractivity contribution in [1.82, 2.24) is 10.2 Å². The Morgan fingerprint density at radius 1 is 1.50 bits per heavy atom. The van der Waals surface area contributed by atoms with Crippen LogP contribution in [0.1, 0.15) is 0 Å². The van der Waals surface area contributed by atoms with Crippen LogP contribution in [-0.4, -0.2) is 56.5 Å². The second-order valence-electron chi connectivity index (χ2n) is 2.46. The Labute approximate surface area is 72.3 Å². The van der Waals surface area contributed by atoms with Crippen molar-refractivity contribution in [1.29, 1.82) is 0 Å². The number of carbonyl (C=O) groups is 1. The Hall–Kier alpha value is -0.810. The van der Waals surface area contributed by atoms with Gasteiger partial charge in [0.2, 0.25) is 0 Å². The van der Waals surface area contributed by atoms with Crippen molar-refractivity contribution in [2.45, 2.75) is 0 Å². The first-order valence-corrected chi connectivity index (χ1v) is 3.82. The number of nitrogens with one attached hydrogen (secondary N) is 1. The van der Waals surface area contributed by atoms with Gasteiger partial charge in [-0.15, -0.1) is 0 Å². The predicted molar refractivity (Wildman–Crippen MR) is 45.0 cm³/mol. The fraction of sp³-hybridized carbons (Fsp3) is 0.857. The first-order valence-electron chi connectivity index (χ1n) is 3.82. The van der Waals surface area contributed by atoms with Crippen LogP contribution in [0, 0.1) is 0 Å². The van der Waals surface area contributed by atoms with E-state index in [9.17, 15) is 4.79 Å². The van der Waals surface area contributed by atoms with Crippen LogP contribution in [0.4, 0.5) is 4.79 Å². The molecule has 2 amide bonds. The van der Waals surface area contributed by atoms with Crippen LogP contribution in [0.3, 0.4) is 0 Å². The van der Waals surface area contributed by atoms with Crippen molar-refractivity contribution in [2.24, 2.45) is 0 Å². The zero-order valence-corrected chi connectivity index (χ0v) is 7.54. The summed E-state index contributed by atoms with van der Waals surface area (Å²) in [5.41, 5.74) is 0. The number of nitrogens with zero attached hydrogens (tertiary/aromatic N) is 1. The molecule has 0 aromatic carbocycles. The highest BCUT2D eigenvalue weighted by molar-refractivity contribution is 5.73. The third-order valence-electron chi connectivity index (χ3n) is 1.16. The molecule has 12 heavy (non-hydrogen) atoms. The SMILES string of the molecule is CN(C)C(=O)NCCOCCO. The molecule has 0 aliphatic heterocycles. The molecule has 0 aliphatic carbocycles. The maximum atomic E-state index is 10.9. The Morgan fingerprint density at radius 3 is 2.67 bits per heavy atom. The molecule has 0 saturated carbocycles. The summed E-state index contributed by atoms with van der Waals surface area (Å²) < 4.78 is 4.93. The third-order valence-corrected chi connectivity index (χ3v) is 1.16. The van der Waals surface area contributed by atoms with Gasteiger partial charge in [0.1, 0.15) is 0 Å². The maximum absolute atomic E-state index is 10.9. The van der Waals surface area contributed by atoms with Gasteiger partial charge in [-0.05, 0) is 0 Å². The fourth-order valence-electron chi connectivity index (χ4n) is 0.555. The second-order valence-corrected chi connectivity index (χ2v) is 2.46. The van der Waals surface area contributed by atoms with Crippen molar-refractivity contribution >= 4 is 6.03 Å². The summed E-state index contributed by atoms with van der Waals surface area (Å²) in [6.07, 6.45) is 0. The van der Waals surface area contributed by atoms with E-state index in [0.717, 1.165) is 0 Å². The number of urea groups is 1. The summed E-state index contributed by atoms with van der Waals surface area (Å²) in [5, 5.41) is 11.0. The molecule has 0 heterocycles. The molecule has 0 radical (unpaired) electrons. The standard InChI is InChI=1S/C7H16N2O3/c1-9(2)7(11)8-3-5-12-6-4-10/h10H,3-6H2,1-2H3,(H,8,11). The first kappa shape index (κ1) is 11.2. The lowest BCUT2D eigenvalue weighted by molar-refractivity contribution is 0.0941. The molecule has 0 spiro atoms. The largest absolute Gasteiger partial charge is 0.394 e. The van der Waals surface area contributed by atoms with Gasteiger partial charge in [-0.3, -0.25) is 0 Å². The van der Waals surface area contributed by atoms with Crippen molar-refractivity contribution in [3.63, 3.8) is 0 Å². The summed E-state index contributed by atoms with van der Waals surface area (Å²) in [6.45, 7) is 1.23. The Balaban J connectivity index is 3.14. The first-order chi connectivity index (χ1) is 5.68. The second kappa shape index (κ2) is 6.87. The topological polar surface area (TPSA) is 61.8 Å². The van der Waals surface area contributed by atoms with Gasteiger partial charge in [0.15, 0.2) is 0 Å².